The third-order valence-corrected chi connectivity index (χ3v) is 4.23. The predicted octanol–water partition coefficient (Wildman–Crippen LogP) is 4.65. The van der Waals surface area contributed by atoms with Crippen LogP contribution in [0.2, 0.25) is 10.0 Å². The van der Waals surface area contributed by atoms with Gasteiger partial charge in [-0.3, -0.25) is 9.89 Å². The van der Waals surface area contributed by atoms with Crippen molar-refractivity contribution < 1.29 is 9.90 Å². The number of aryl methyl sites for hydroxylation is 1. The fraction of sp³-hybridized carbons (Fsp3) is 0.0588. The maximum Gasteiger partial charge on any atom is 0.273 e. The summed E-state index contributed by atoms with van der Waals surface area (Å²) in [6.45, 7) is 1.79. The van der Waals surface area contributed by atoms with Crippen LogP contribution in [0.4, 0.5) is 5.69 Å². The van der Waals surface area contributed by atoms with Crippen LogP contribution in [0.15, 0.2) is 42.5 Å². The van der Waals surface area contributed by atoms with E-state index in [9.17, 15) is 9.90 Å². The van der Waals surface area contributed by atoms with Gasteiger partial charge in [-0.1, -0.05) is 35.3 Å². The number of aromatic nitrogens is 2. The number of anilines is 1. The number of nitrogens with zero attached hydrogens (tertiary/aromatic N) is 1. The van der Waals surface area contributed by atoms with Gasteiger partial charge in [0.1, 0.15) is 11.4 Å². The summed E-state index contributed by atoms with van der Waals surface area (Å²) in [6, 6.07) is 11.6. The summed E-state index contributed by atoms with van der Waals surface area (Å²) in [5.41, 5.74) is 2.35. The van der Waals surface area contributed by atoms with Crippen molar-refractivity contribution in [1.82, 2.24) is 10.2 Å². The van der Waals surface area contributed by atoms with Gasteiger partial charge in [-0.05, 0) is 42.8 Å². The van der Waals surface area contributed by atoms with Crippen LogP contribution in [0, 0.1) is 6.92 Å². The molecule has 0 saturated carbocycles. The zero-order valence-corrected chi connectivity index (χ0v) is 14.1. The molecule has 5 nitrogen and oxygen atoms in total. The van der Waals surface area contributed by atoms with Crippen LogP contribution in [0.25, 0.3) is 11.3 Å². The lowest BCUT2D eigenvalue weighted by molar-refractivity contribution is 0.102. The molecule has 7 heteroatoms. The fourth-order valence-electron chi connectivity index (χ4n) is 2.20. The first kappa shape index (κ1) is 16.4. The van der Waals surface area contributed by atoms with Gasteiger partial charge in [0, 0.05) is 10.6 Å². The zero-order chi connectivity index (χ0) is 17.3. The van der Waals surface area contributed by atoms with Crippen molar-refractivity contribution in [3.8, 4) is 17.0 Å². The number of halogens is 2. The van der Waals surface area contributed by atoms with E-state index in [4.69, 9.17) is 23.2 Å². The monoisotopic (exact) mass is 361 g/mol. The quantitative estimate of drug-likeness (QED) is 0.635. The number of carbonyl (C=O) groups is 1. The number of H-pyrrole nitrogens is 1. The molecule has 0 fully saturated rings. The van der Waals surface area contributed by atoms with E-state index in [1.165, 1.54) is 6.07 Å². The smallest absolute Gasteiger partial charge is 0.273 e. The second kappa shape index (κ2) is 6.55. The van der Waals surface area contributed by atoms with Crippen molar-refractivity contribution in [2.75, 3.05) is 5.32 Å². The minimum absolute atomic E-state index is 0.0430. The maximum atomic E-state index is 12.3. The highest BCUT2D eigenvalue weighted by Crippen LogP contribution is 2.33. The number of aromatic amines is 1. The Labute approximate surface area is 148 Å². The van der Waals surface area contributed by atoms with Crippen LogP contribution in [0.3, 0.4) is 0 Å². The molecular formula is C17H13Cl2N3O2. The number of nitrogens with one attached hydrogen (secondary N) is 2. The van der Waals surface area contributed by atoms with Gasteiger partial charge in [0.05, 0.1) is 16.4 Å². The SMILES string of the molecule is Cc1cc(O)c(-c2cc(C(=O)Nc3ccccc3Cl)[nH]n2)cc1Cl. The van der Waals surface area contributed by atoms with Gasteiger partial charge in [0.2, 0.25) is 0 Å². The number of hydrogen-bond acceptors (Lipinski definition) is 3. The lowest BCUT2D eigenvalue weighted by Crippen LogP contribution is -2.12. The van der Waals surface area contributed by atoms with Crippen molar-refractivity contribution in [2.45, 2.75) is 6.92 Å². The van der Waals surface area contributed by atoms with Gasteiger partial charge >= 0.3 is 0 Å². The Bertz CT molecular complexity index is 922. The number of para-hydroxylation sites is 1. The first-order chi connectivity index (χ1) is 11.5. The molecule has 0 bridgehead atoms. The first-order valence-corrected chi connectivity index (χ1v) is 7.82. The van der Waals surface area contributed by atoms with Crippen molar-refractivity contribution >= 4 is 34.8 Å². The summed E-state index contributed by atoms with van der Waals surface area (Å²) in [5.74, 6) is -0.346. The Morgan fingerprint density at radius 1 is 1.17 bits per heavy atom. The number of phenols is 1. The molecule has 1 amide bonds. The highest BCUT2D eigenvalue weighted by Gasteiger charge is 2.15. The molecule has 0 saturated heterocycles. The van der Waals surface area contributed by atoms with Crippen molar-refractivity contribution in [3.63, 3.8) is 0 Å². The summed E-state index contributed by atoms with van der Waals surface area (Å²) >= 11 is 12.1. The maximum absolute atomic E-state index is 12.3. The molecule has 1 heterocycles. The standard InChI is InChI=1S/C17H13Cl2N3O2/c1-9-6-16(23)10(7-12(9)19)14-8-15(22-21-14)17(24)20-13-5-3-2-4-11(13)18/h2-8,23H,1H3,(H,20,24)(H,21,22). The molecular weight excluding hydrogens is 349 g/mol. The molecule has 0 aliphatic carbocycles. The molecule has 0 radical (unpaired) electrons. The number of hydrogen-bond donors (Lipinski definition) is 3. The van der Waals surface area contributed by atoms with Crippen LogP contribution in [0.5, 0.6) is 5.75 Å². The Morgan fingerprint density at radius 2 is 1.92 bits per heavy atom. The van der Waals surface area contributed by atoms with E-state index in [-0.39, 0.29) is 17.4 Å². The second-order valence-electron chi connectivity index (χ2n) is 5.22. The molecule has 0 spiro atoms. The Morgan fingerprint density at radius 3 is 2.67 bits per heavy atom. The first-order valence-electron chi connectivity index (χ1n) is 7.06. The van der Waals surface area contributed by atoms with Crippen molar-refractivity contribution in [2.24, 2.45) is 0 Å². The van der Waals surface area contributed by atoms with Crippen molar-refractivity contribution in [3.05, 3.63) is 63.8 Å². The summed E-state index contributed by atoms with van der Waals surface area (Å²) in [7, 11) is 0. The molecule has 0 unspecified atom stereocenters. The normalized spacial score (nSPS) is 10.6. The highest BCUT2D eigenvalue weighted by atomic mass is 35.5. The van der Waals surface area contributed by atoms with Crippen LogP contribution in [-0.2, 0) is 0 Å². The molecule has 0 aliphatic rings. The molecule has 3 aromatic rings. The molecule has 1 aromatic heterocycles. The largest absolute Gasteiger partial charge is 0.507 e. The highest BCUT2D eigenvalue weighted by molar-refractivity contribution is 6.34. The van der Waals surface area contributed by atoms with E-state index in [1.807, 2.05) is 0 Å². The van der Waals surface area contributed by atoms with E-state index in [0.717, 1.165) is 5.56 Å². The molecule has 24 heavy (non-hydrogen) atoms. The van der Waals surface area contributed by atoms with Gasteiger partial charge in [-0.15, -0.1) is 0 Å². The minimum atomic E-state index is -0.389. The number of carbonyl (C=O) groups excluding carboxylic acids is 1. The lowest BCUT2D eigenvalue weighted by Gasteiger charge is -2.05. The third kappa shape index (κ3) is 3.22. The summed E-state index contributed by atoms with van der Waals surface area (Å²) < 4.78 is 0. The summed E-state index contributed by atoms with van der Waals surface area (Å²) in [5, 5.41) is 20.4. The molecule has 2 aromatic carbocycles. The van der Waals surface area contributed by atoms with E-state index in [2.05, 4.69) is 15.5 Å². The Balaban J connectivity index is 1.87. The molecule has 3 rings (SSSR count). The van der Waals surface area contributed by atoms with Crippen LogP contribution in [-0.4, -0.2) is 21.2 Å². The van der Waals surface area contributed by atoms with Crippen LogP contribution >= 0.6 is 23.2 Å². The molecule has 0 aliphatic heterocycles. The fourth-order valence-corrected chi connectivity index (χ4v) is 2.55. The summed E-state index contributed by atoms with van der Waals surface area (Å²) in [4.78, 5) is 12.3. The van der Waals surface area contributed by atoms with E-state index in [1.54, 1.807) is 43.3 Å². The molecule has 3 N–H and O–H groups in total. The van der Waals surface area contributed by atoms with E-state index in [0.29, 0.717) is 27.0 Å². The predicted molar refractivity (Wildman–Crippen MR) is 94.8 cm³/mol. The van der Waals surface area contributed by atoms with Crippen molar-refractivity contribution in [1.29, 1.82) is 0 Å². The lowest BCUT2D eigenvalue weighted by atomic mass is 10.1. The Hall–Kier alpha value is -2.50. The zero-order valence-electron chi connectivity index (χ0n) is 12.6. The summed E-state index contributed by atoms with van der Waals surface area (Å²) in [6.07, 6.45) is 0. The second-order valence-corrected chi connectivity index (χ2v) is 6.03. The number of rotatable bonds is 3. The number of benzene rings is 2. The number of aromatic hydroxyl groups is 1. The van der Waals surface area contributed by atoms with Gasteiger partial charge in [-0.25, -0.2) is 0 Å². The van der Waals surface area contributed by atoms with Gasteiger partial charge in [0.15, 0.2) is 0 Å². The molecule has 122 valence electrons. The minimum Gasteiger partial charge on any atom is -0.507 e. The Kier molecular flexibility index (Phi) is 4.46. The van der Waals surface area contributed by atoms with Gasteiger partial charge in [0.25, 0.3) is 5.91 Å². The van der Waals surface area contributed by atoms with E-state index >= 15 is 0 Å². The van der Waals surface area contributed by atoms with Crippen LogP contribution in [0.1, 0.15) is 16.1 Å². The average molecular weight is 362 g/mol. The average Bonchev–Trinajstić information content (AvgIpc) is 3.03. The number of amides is 1. The van der Waals surface area contributed by atoms with Gasteiger partial charge < -0.3 is 10.4 Å². The molecule has 0 atom stereocenters. The van der Waals surface area contributed by atoms with E-state index < -0.39 is 0 Å². The third-order valence-electron chi connectivity index (χ3n) is 3.50. The number of phenolic OH excluding ortho intramolecular Hbond substituents is 1. The van der Waals surface area contributed by atoms with Crippen LogP contribution < -0.4 is 5.32 Å². The topological polar surface area (TPSA) is 78.0 Å². The van der Waals surface area contributed by atoms with Gasteiger partial charge in [-0.2, -0.15) is 5.10 Å².